The summed E-state index contributed by atoms with van der Waals surface area (Å²) in [5.74, 6) is 2.35. The SMILES string of the molecule is CCCn1c(CN)nnc1SCc1ccc(C(C)C)cc1. The molecule has 0 bridgehead atoms. The summed E-state index contributed by atoms with van der Waals surface area (Å²) in [4.78, 5) is 0. The van der Waals surface area contributed by atoms with Gasteiger partial charge in [-0.25, -0.2) is 0 Å². The Hall–Kier alpha value is -1.33. The highest BCUT2D eigenvalue weighted by Crippen LogP contribution is 2.23. The second-order valence-corrected chi connectivity index (χ2v) is 6.38. The number of hydrogen-bond donors (Lipinski definition) is 1. The van der Waals surface area contributed by atoms with E-state index in [4.69, 9.17) is 5.73 Å². The van der Waals surface area contributed by atoms with Gasteiger partial charge in [-0.1, -0.05) is 56.8 Å². The molecule has 0 aliphatic rings. The number of nitrogens with zero attached hydrogens (tertiary/aromatic N) is 3. The molecule has 5 heteroatoms. The summed E-state index contributed by atoms with van der Waals surface area (Å²) in [6.45, 7) is 7.95. The average molecular weight is 304 g/mol. The third kappa shape index (κ3) is 4.08. The van der Waals surface area contributed by atoms with Gasteiger partial charge in [0, 0.05) is 12.3 Å². The third-order valence-corrected chi connectivity index (χ3v) is 4.48. The van der Waals surface area contributed by atoms with Crippen molar-refractivity contribution in [3.63, 3.8) is 0 Å². The molecule has 0 spiro atoms. The number of benzene rings is 1. The van der Waals surface area contributed by atoms with Crippen LogP contribution < -0.4 is 5.73 Å². The predicted octanol–water partition coefficient (Wildman–Crippen LogP) is 3.56. The number of aromatic nitrogens is 3. The minimum Gasteiger partial charge on any atom is -0.324 e. The number of hydrogen-bond acceptors (Lipinski definition) is 4. The maximum atomic E-state index is 5.71. The molecule has 1 aromatic heterocycles. The first-order valence-corrected chi connectivity index (χ1v) is 8.48. The molecule has 2 rings (SSSR count). The lowest BCUT2D eigenvalue weighted by molar-refractivity contribution is 0.592. The van der Waals surface area contributed by atoms with E-state index in [0.717, 1.165) is 29.7 Å². The van der Waals surface area contributed by atoms with E-state index in [2.05, 4.69) is 59.8 Å². The zero-order valence-electron chi connectivity index (χ0n) is 13.0. The highest BCUT2D eigenvalue weighted by atomic mass is 32.2. The fourth-order valence-electron chi connectivity index (χ4n) is 2.17. The molecule has 4 nitrogen and oxygen atoms in total. The monoisotopic (exact) mass is 304 g/mol. The quantitative estimate of drug-likeness (QED) is 0.795. The third-order valence-electron chi connectivity index (χ3n) is 3.44. The van der Waals surface area contributed by atoms with E-state index in [-0.39, 0.29) is 0 Å². The summed E-state index contributed by atoms with van der Waals surface area (Å²) < 4.78 is 2.13. The van der Waals surface area contributed by atoms with Crippen LogP contribution in [0.25, 0.3) is 0 Å². The van der Waals surface area contributed by atoms with Crippen LogP contribution in [0.5, 0.6) is 0 Å². The molecule has 0 fully saturated rings. The Morgan fingerprint density at radius 2 is 1.90 bits per heavy atom. The Balaban J connectivity index is 2.04. The lowest BCUT2D eigenvalue weighted by Crippen LogP contribution is -2.09. The number of nitrogens with two attached hydrogens (primary N) is 1. The van der Waals surface area contributed by atoms with Gasteiger partial charge in [-0.3, -0.25) is 0 Å². The Kier molecular flexibility index (Phi) is 5.82. The van der Waals surface area contributed by atoms with Crippen LogP contribution in [0.3, 0.4) is 0 Å². The number of thioether (sulfide) groups is 1. The maximum Gasteiger partial charge on any atom is 0.191 e. The lowest BCUT2D eigenvalue weighted by Gasteiger charge is -2.08. The summed E-state index contributed by atoms with van der Waals surface area (Å²) in [6.07, 6.45) is 1.06. The van der Waals surface area contributed by atoms with Gasteiger partial charge >= 0.3 is 0 Å². The molecule has 0 unspecified atom stereocenters. The van der Waals surface area contributed by atoms with Crippen LogP contribution in [0.15, 0.2) is 29.4 Å². The first-order chi connectivity index (χ1) is 10.2. The van der Waals surface area contributed by atoms with Crippen molar-refractivity contribution in [3.05, 3.63) is 41.2 Å². The van der Waals surface area contributed by atoms with Crippen LogP contribution in [0, 0.1) is 0 Å². The van der Waals surface area contributed by atoms with Gasteiger partial charge in [0.05, 0.1) is 6.54 Å². The van der Waals surface area contributed by atoms with Crippen LogP contribution in [-0.2, 0) is 18.8 Å². The zero-order chi connectivity index (χ0) is 15.2. The van der Waals surface area contributed by atoms with Crippen LogP contribution in [-0.4, -0.2) is 14.8 Å². The van der Waals surface area contributed by atoms with Crippen LogP contribution in [0.1, 0.15) is 50.1 Å². The Morgan fingerprint density at radius 3 is 2.48 bits per heavy atom. The van der Waals surface area contributed by atoms with Crippen molar-refractivity contribution in [2.75, 3.05) is 0 Å². The molecule has 0 saturated carbocycles. The summed E-state index contributed by atoms with van der Waals surface area (Å²) in [7, 11) is 0. The molecular weight excluding hydrogens is 280 g/mol. The number of rotatable bonds is 7. The maximum absolute atomic E-state index is 5.71. The molecule has 1 heterocycles. The lowest BCUT2D eigenvalue weighted by atomic mass is 10.0. The van der Waals surface area contributed by atoms with Crippen molar-refractivity contribution >= 4 is 11.8 Å². The van der Waals surface area contributed by atoms with Gasteiger partial charge in [0.15, 0.2) is 5.16 Å². The standard InChI is InChI=1S/C16H24N4S/c1-4-9-20-15(10-17)18-19-16(20)21-11-13-5-7-14(8-6-13)12(2)3/h5-8,12H,4,9-11,17H2,1-3H3. The predicted molar refractivity (Wildman–Crippen MR) is 88.3 cm³/mol. The minimum atomic E-state index is 0.441. The topological polar surface area (TPSA) is 56.7 Å². The molecule has 0 atom stereocenters. The van der Waals surface area contributed by atoms with Gasteiger partial charge in [0.2, 0.25) is 0 Å². The van der Waals surface area contributed by atoms with E-state index >= 15 is 0 Å². The highest BCUT2D eigenvalue weighted by Gasteiger charge is 2.10. The van der Waals surface area contributed by atoms with Crippen LogP contribution >= 0.6 is 11.8 Å². The first-order valence-electron chi connectivity index (χ1n) is 7.49. The van der Waals surface area contributed by atoms with Crippen molar-refractivity contribution in [1.82, 2.24) is 14.8 Å². The highest BCUT2D eigenvalue weighted by molar-refractivity contribution is 7.98. The second-order valence-electron chi connectivity index (χ2n) is 5.44. The van der Waals surface area contributed by atoms with Gasteiger partial charge in [0.25, 0.3) is 0 Å². The molecule has 21 heavy (non-hydrogen) atoms. The zero-order valence-corrected chi connectivity index (χ0v) is 13.9. The summed E-state index contributed by atoms with van der Waals surface area (Å²) >= 11 is 1.72. The van der Waals surface area contributed by atoms with Crippen molar-refractivity contribution in [2.24, 2.45) is 5.73 Å². The first kappa shape index (κ1) is 16.0. The van der Waals surface area contributed by atoms with E-state index in [1.54, 1.807) is 11.8 Å². The summed E-state index contributed by atoms with van der Waals surface area (Å²) in [6, 6.07) is 8.82. The van der Waals surface area contributed by atoms with Gasteiger partial charge in [0.1, 0.15) is 5.82 Å². The minimum absolute atomic E-state index is 0.441. The molecule has 1 aromatic carbocycles. The molecule has 2 N–H and O–H groups in total. The molecule has 0 radical (unpaired) electrons. The molecule has 114 valence electrons. The average Bonchev–Trinajstić information content (AvgIpc) is 2.88. The van der Waals surface area contributed by atoms with Crippen molar-refractivity contribution in [3.8, 4) is 0 Å². The Labute approximate surface area is 131 Å². The molecule has 0 aliphatic heterocycles. The molecule has 0 aliphatic carbocycles. The second kappa shape index (κ2) is 7.61. The largest absolute Gasteiger partial charge is 0.324 e. The normalized spacial score (nSPS) is 11.3. The fraction of sp³-hybridized carbons (Fsp3) is 0.500. The van der Waals surface area contributed by atoms with Gasteiger partial charge in [-0.05, 0) is 23.5 Å². The van der Waals surface area contributed by atoms with Crippen molar-refractivity contribution in [2.45, 2.75) is 57.1 Å². The molecular formula is C16H24N4S. The Bertz CT molecular complexity index is 560. The molecule has 0 saturated heterocycles. The van der Waals surface area contributed by atoms with Gasteiger partial charge < -0.3 is 10.3 Å². The van der Waals surface area contributed by atoms with Gasteiger partial charge in [-0.15, -0.1) is 10.2 Å². The smallest absolute Gasteiger partial charge is 0.191 e. The van der Waals surface area contributed by atoms with E-state index in [9.17, 15) is 0 Å². The fourth-order valence-corrected chi connectivity index (χ4v) is 3.11. The molecule has 2 aromatic rings. The van der Waals surface area contributed by atoms with E-state index in [1.165, 1.54) is 11.1 Å². The van der Waals surface area contributed by atoms with Crippen LogP contribution in [0.2, 0.25) is 0 Å². The van der Waals surface area contributed by atoms with Crippen molar-refractivity contribution < 1.29 is 0 Å². The summed E-state index contributed by atoms with van der Waals surface area (Å²) in [5.41, 5.74) is 8.40. The molecule has 0 amide bonds. The summed E-state index contributed by atoms with van der Waals surface area (Å²) in [5, 5.41) is 9.40. The van der Waals surface area contributed by atoms with E-state index in [1.807, 2.05) is 0 Å². The van der Waals surface area contributed by atoms with Crippen molar-refractivity contribution in [1.29, 1.82) is 0 Å². The van der Waals surface area contributed by atoms with E-state index < -0.39 is 0 Å². The Morgan fingerprint density at radius 1 is 1.19 bits per heavy atom. The van der Waals surface area contributed by atoms with Gasteiger partial charge in [-0.2, -0.15) is 0 Å². The van der Waals surface area contributed by atoms with Crippen LogP contribution in [0.4, 0.5) is 0 Å². The van der Waals surface area contributed by atoms with E-state index in [0.29, 0.717) is 12.5 Å².